The number of amides is 2. The van der Waals surface area contributed by atoms with E-state index in [9.17, 15) is 14.7 Å². The van der Waals surface area contributed by atoms with Gasteiger partial charge >= 0.3 is 0 Å². The summed E-state index contributed by atoms with van der Waals surface area (Å²) in [5.74, 6) is -0.738. The van der Waals surface area contributed by atoms with Gasteiger partial charge in [-0.25, -0.2) is 0 Å². The minimum absolute atomic E-state index is 0.156. The van der Waals surface area contributed by atoms with Gasteiger partial charge in [-0.1, -0.05) is 18.2 Å². The highest BCUT2D eigenvalue weighted by Crippen LogP contribution is 2.19. The zero-order chi connectivity index (χ0) is 21.2. The molecule has 2 aromatic rings. The quantitative estimate of drug-likeness (QED) is 0.396. The Hall–Kier alpha value is -2.42. The molecule has 0 fully saturated rings. The van der Waals surface area contributed by atoms with Gasteiger partial charge in [0, 0.05) is 30.1 Å². The minimum Gasteiger partial charge on any atom is -0.391 e. The van der Waals surface area contributed by atoms with Crippen LogP contribution in [-0.2, 0) is 25.5 Å². The molecule has 4 N–H and O–H groups in total. The number of ether oxygens (including phenoxy) is 2. The predicted octanol–water partition coefficient (Wildman–Crippen LogP) is 1.13. The summed E-state index contributed by atoms with van der Waals surface area (Å²) in [6, 6.07) is 6.54. The number of hydrogen-bond acceptors (Lipinski definition) is 5. The zero-order valence-corrected chi connectivity index (χ0v) is 17.2. The summed E-state index contributed by atoms with van der Waals surface area (Å²) < 4.78 is 10.5. The van der Waals surface area contributed by atoms with E-state index in [1.165, 1.54) is 0 Å². The number of aliphatic hydroxyl groups excluding tert-OH is 1. The maximum atomic E-state index is 12.8. The summed E-state index contributed by atoms with van der Waals surface area (Å²) in [4.78, 5) is 28.2. The van der Waals surface area contributed by atoms with Crippen molar-refractivity contribution >= 4 is 22.7 Å². The number of aliphatic hydroxyl groups is 1. The van der Waals surface area contributed by atoms with Gasteiger partial charge in [0.1, 0.15) is 12.6 Å². The Morgan fingerprint density at radius 3 is 2.59 bits per heavy atom. The summed E-state index contributed by atoms with van der Waals surface area (Å²) >= 11 is 0. The highest BCUT2D eigenvalue weighted by Gasteiger charge is 2.24. The largest absolute Gasteiger partial charge is 0.391 e. The van der Waals surface area contributed by atoms with Gasteiger partial charge in [-0.2, -0.15) is 0 Å². The lowest BCUT2D eigenvalue weighted by Gasteiger charge is -2.22. The third-order valence-electron chi connectivity index (χ3n) is 4.65. The normalized spacial score (nSPS) is 14.3. The second-order valence-corrected chi connectivity index (χ2v) is 6.97. The van der Waals surface area contributed by atoms with Crippen molar-refractivity contribution in [3.8, 4) is 0 Å². The van der Waals surface area contributed by atoms with Gasteiger partial charge in [0.25, 0.3) is 0 Å². The first-order valence-corrected chi connectivity index (χ1v) is 9.90. The molecule has 2 amide bonds. The van der Waals surface area contributed by atoms with Crippen LogP contribution in [0.1, 0.15) is 26.3 Å². The minimum atomic E-state index is -0.793. The van der Waals surface area contributed by atoms with E-state index < -0.39 is 18.2 Å². The van der Waals surface area contributed by atoms with Crippen molar-refractivity contribution in [2.24, 2.45) is 0 Å². The molecule has 1 aromatic carbocycles. The Morgan fingerprint density at radius 2 is 1.86 bits per heavy atom. The molecule has 0 spiro atoms. The highest BCUT2D eigenvalue weighted by molar-refractivity contribution is 5.90. The summed E-state index contributed by atoms with van der Waals surface area (Å²) in [6.07, 6.45) is 1.45. The van der Waals surface area contributed by atoms with Crippen LogP contribution < -0.4 is 10.6 Å². The molecule has 0 aliphatic heterocycles. The molecule has 1 aromatic heterocycles. The maximum Gasteiger partial charge on any atom is 0.246 e. The second kappa shape index (κ2) is 11.5. The number of H-pyrrole nitrogens is 1. The fraction of sp³-hybridized carbons (Fsp3) is 0.524. The van der Waals surface area contributed by atoms with Crippen LogP contribution in [0.3, 0.4) is 0 Å². The number of hydrogen-bond donors (Lipinski definition) is 4. The average Bonchev–Trinajstić information content (AvgIpc) is 3.10. The van der Waals surface area contributed by atoms with E-state index in [2.05, 4.69) is 15.6 Å². The van der Waals surface area contributed by atoms with Crippen LogP contribution in [0.5, 0.6) is 0 Å². The highest BCUT2D eigenvalue weighted by atomic mass is 16.5. The first-order chi connectivity index (χ1) is 13.9. The third-order valence-corrected chi connectivity index (χ3v) is 4.65. The molecule has 0 radical (unpaired) electrons. The monoisotopic (exact) mass is 405 g/mol. The molecule has 0 aliphatic carbocycles. The van der Waals surface area contributed by atoms with Gasteiger partial charge < -0.3 is 30.2 Å². The molecule has 2 rings (SSSR count). The lowest BCUT2D eigenvalue weighted by molar-refractivity contribution is -0.132. The van der Waals surface area contributed by atoms with Crippen LogP contribution in [0.2, 0.25) is 0 Å². The maximum absolute atomic E-state index is 12.8. The van der Waals surface area contributed by atoms with E-state index >= 15 is 0 Å². The smallest absolute Gasteiger partial charge is 0.246 e. The molecule has 8 heteroatoms. The number of para-hydroxylation sites is 1. The number of aromatic amines is 1. The molecule has 160 valence electrons. The zero-order valence-electron chi connectivity index (χ0n) is 17.2. The van der Waals surface area contributed by atoms with E-state index in [0.29, 0.717) is 26.2 Å². The number of carbonyl (C=O) groups is 2. The van der Waals surface area contributed by atoms with Gasteiger partial charge in [-0.05, 0) is 32.4 Å². The average molecular weight is 405 g/mol. The van der Waals surface area contributed by atoms with Gasteiger partial charge in [0.05, 0.1) is 25.4 Å². The van der Waals surface area contributed by atoms with E-state index in [0.717, 1.165) is 16.5 Å². The molecular formula is C21H31N3O5. The summed E-state index contributed by atoms with van der Waals surface area (Å²) in [5, 5.41) is 16.2. The van der Waals surface area contributed by atoms with Crippen molar-refractivity contribution in [1.29, 1.82) is 0 Å². The molecule has 0 saturated heterocycles. The van der Waals surface area contributed by atoms with Crippen molar-refractivity contribution in [3.63, 3.8) is 0 Å². The number of benzene rings is 1. The van der Waals surface area contributed by atoms with Crippen molar-refractivity contribution in [1.82, 2.24) is 15.6 Å². The van der Waals surface area contributed by atoms with Crippen LogP contribution in [-0.4, -0.2) is 66.5 Å². The van der Waals surface area contributed by atoms with E-state index in [1.807, 2.05) is 37.4 Å². The van der Waals surface area contributed by atoms with Crippen LogP contribution in [0, 0.1) is 0 Å². The summed E-state index contributed by atoms with van der Waals surface area (Å²) in [6.45, 7) is 6.35. The summed E-state index contributed by atoms with van der Waals surface area (Å²) in [5.41, 5.74) is 1.88. The summed E-state index contributed by atoms with van der Waals surface area (Å²) in [7, 11) is 0. The molecule has 0 saturated carbocycles. The topological polar surface area (TPSA) is 113 Å². The van der Waals surface area contributed by atoms with Gasteiger partial charge in [-0.3, -0.25) is 9.59 Å². The first-order valence-electron chi connectivity index (χ1n) is 9.90. The Labute approximate surface area is 171 Å². The van der Waals surface area contributed by atoms with Crippen LogP contribution in [0.15, 0.2) is 30.5 Å². The van der Waals surface area contributed by atoms with E-state index in [4.69, 9.17) is 9.47 Å². The number of aromatic nitrogens is 1. The number of rotatable bonds is 12. The van der Waals surface area contributed by atoms with Gasteiger partial charge in [0.15, 0.2) is 0 Å². The molecule has 3 atom stereocenters. The van der Waals surface area contributed by atoms with Gasteiger partial charge in [-0.15, -0.1) is 0 Å². The predicted molar refractivity (Wildman–Crippen MR) is 111 cm³/mol. The van der Waals surface area contributed by atoms with Crippen LogP contribution in [0.25, 0.3) is 10.9 Å². The van der Waals surface area contributed by atoms with E-state index in [1.54, 1.807) is 13.8 Å². The number of nitrogens with one attached hydrogen (secondary N) is 3. The van der Waals surface area contributed by atoms with Crippen molar-refractivity contribution in [2.45, 2.75) is 45.4 Å². The Morgan fingerprint density at radius 1 is 1.14 bits per heavy atom. The van der Waals surface area contributed by atoms with Crippen LogP contribution in [0.4, 0.5) is 0 Å². The van der Waals surface area contributed by atoms with Crippen LogP contribution >= 0.6 is 0 Å². The van der Waals surface area contributed by atoms with E-state index in [-0.39, 0.29) is 18.4 Å². The number of fused-ring (bicyclic) bond motifs is 1. The van der Waals surface area contributed by atoms with Crippen molar-refractivity contribution < 1.29 is 24.2 Å². The lowest BCUT2D eigenvalue weighted by Crippen LogP contribution is -2.52. The molecule has 0 aliphatic rings. The molecular weight excluding hydrogens is 374 g/mol. The Bertz CT molecular complexity index is 789. The molecule has 29 heavy (non-hydrogen) atoms. The standard InChI is InChI=1S/C21H31N3O5/c1-4-28-9-10-29-13-20(26)24-19(21(27)23-14(2)15(3)25)11-16-12-22-18-8-6-5-7-17(16)18/h5-8,12,14-15,19,22,25H,4,9-11,13H2,1-3H3,(H,23,27)(H,24,26)/t14-,15-,19+/m1/s1. The SMILES string of the molecule is CCOCCOCC(=O)N[C@@H](Cc1c[nH]c2ccccc12)C(=O)N[C@H](C)[C@@H](C)O. The molecule has 0 bridgehead atoms. The molecule has 0 unspecified atom stereocenters. The number of carbonyl (C=O) groups excluding carboxylic acids is 2. The lowest BCUT2D eigenvalue weighted by atomic mass is 10.0. The Balaban J connectivity index is 2.04. The van der Waals surface area contributed by atoms with Crippen molar-refractivity contribution in [2.75, 3.05) is 26.4 Å². The molecule has 1 heterocycles. The van der Waals surface area contributed by atoms with Crippen molar-refractivity contribution in [3.05, 3.63) is 36.0 Å². The second-order valence-electron chi connectivity index (χ2n) is 6.97. The third kappa shape index (κ3) is 7.16. The Kier molecular flexibility index (Phi) is 9.11. The fourth-order valence-electron chi connectivity index (χ4n) is 2.84. The molecule has 8 nitrogen and oxygen atoms in total. The first kappa shape index (κ1) is 22.9. The van der Waals surface area contributed by atoms with Gasteiger partial charge in [0.2, 0.25) is 11.8 Å². The fourth-order valence-corrected chi connectivity index (χ4v) is 2.84.